The van der Waals surface area contributed by atoms with E-state index in [1.54, 1.807) is 18.2 Å². The summed E-state index contributed by atoms with van der Waals surface area (Å²) in [5, 5.41) is 0.189. The largest absolute Gasteiger partial charge is 0.468 e. The van der Waals surface area contributed by atoms with E-state index in [0.29, 0.717) is 5.69 Å². The van der Waals surface area contributed by atoms with E-state index < -0.39 is 5.97 Å². The number of rotatable bonds is 3. The molecular formula is C11H13ClN2O3. The number of esters is 1. The van der Waals surface area contributed by atoms with Gasteiger partial charge in [0.05, 0.1) is 23.4 Å². The highest BCUT2D eigenvalue weighted by atomic mass is 35.5. The minimum absolute atomic E-state index is 0.138. The van der Waals surface area contributed by atoms with E-state index in [2.05, 4.69) is 4.74 Å². The van der Waals surface area contributed by atoms with Gasteiger partial charge in [-0.05, 0) is 12.1 Å². The third kappa shape index (κ3) is 3.10. The summed E-state index contributed by atoms with van der Waals surface area (Å²) < 4.78 is 4.47. The van der Waals surface area contributed by atoms with Gasteiger partial charge in [0, 0.05) is 7.05 Å². The van der Waals surface area contributed by atoms with Gasteiger partial charge in [-0.2, -0.15) is 0 Å². The van der Waals surface area contributed by atoms with Crippen molar-refractivity contribution >= 4 is 29.2 Å². The van der Waals surface area contributed by atoms with E-state index >= 15 is 0 Å². The zero-order chi connectivity index (χ0) is 13.0. The second-order valence-electron chi connectivity index (χ2n) is 3.45. The normalized spacial score (nSPS) is 9.82. The van der Waals surface area contributed by atoms with Crippen molar-refractivity contribution in [2.24, 2.45) is 0 Å². The minimum Gasteiger partial charge on any atom is -0.468 e. The zero-order valence-electron chi connectivity index (χ0n) is 9.57. The molecule has 92 valence electrons. The molecular weight excluding hydrogens is 244 g/mol. The molecule has 0 fully saturated rings. The molecule has 0 aliphatic rings. The molecule has 0 radical (unpaired) electrons. The number of methoxy groups -OCH3 is 1. The molecule has 0 saturated heterocycles. The molecule has 1 amide bonds. The molecule has 0 heterocycles. The average Bonchev–Trinajstić information content (AvgIpc) is 2.31. The summed E-state index contributed by atoms with van der Waals surface area (Å²) in [7, 11) is 2.74. The van der Waals surface area contributed by atoms with E-state index in [0.717, 1.165) is 0 Å². The Bertz CT molecular complexity index is 448. The predicted molar refractivity (Wildman–Crippen MR) is 64.8 cm³/mol. The number of ether oxygens (including phenoxy) is 1. The molecule has 0 aliphatic carbocycles. The van der Waals surface area contributed by atoms with Gasteiger partial charge in [-0.3, -0.25) is 9.59 Å². The Hall–Kier alpha value is -1.75. The number of anilines is 1. The Labute approximate surface area is 104 Å². The van der Waals surface area contributed by atoms with Crippen LogP contribution in [0.4, 0.5) is 5.69 Å². The Kier molecular flexibility index (Phi) is 4.34. The average molecular weight is 257 g/mol. The van der Waals surface area contributed by atoms with E-state index in [4.69, 9.17) is 17.3 Å². The number of hydrogen-bond donors (Lipinski definition) is 1. The third-order valence-corrected chi connectivity index (χ3v) is 2.62. The number of halogens is 1. The second kappa shape index (κ2) is 5.54. The van der Waals surface area contributed by atoms with E-state index in [9.17, 15) is 9.59 Å². The summed E-state index contributed by atoms with van der Waals surface area (Å²) in [6.07, 6.45) is 0. The minimum atomic E-state index is -0.499. The van der Waals surface area contributed by atoms with Crippen LogP contribution >= 0.6 is 11.6 Å². The summed E-state index contributed by atoms with van der Waals surface area (Å²) in [6, 6.07) is 4.77. The van der Waals surface area contributed by atoms with Crippen LogP contribution in [0.3, 0.4) is 0 Å². The maximum Gasteiger partial charge on any atom is 0.325 e. The van der Waals surface area contributed by atoms with Gasteiger partial charge in [-0.15, -0.1) is 0 Å². The lowest BCUT2D eigenvalue weighted by Crippen LogP contribution is -2.32. The Morgan fingerprint density at radius 1 is 1.47 bits per heavy atom. The van der Waals surface area contributed by atoms with Crippen LogP contribution in [-0.2, 0) is 9.53 Å². The summed E-state index contributed by atoms with van der Waals surface area (Å²) in [4.78, 5) is 24.2. The number of carbonyl (C=O) groups is 2. The van der Waals surface area contributed by atoms with Crippen LogP contribution in [0.25, 0.3) is 0 Å². The lowest BCUT2D eigenvalue weighted by molar-refractivity contribution is -0.141. The van der Waals surface area contributed by atoms with Crippen molar-refractivity contribution < 1.29 is 14.3 Å². The molecule has 17 heavy (non-hydrogen) atoms. The first kappa shape index (κ1) is 13.3. The SMILES string of the molecule is COC(=O)CN(C)C(=O)c1cccc(N)c1Cl. The van der Waals surface area contributed by atoms with Gasteiger partial charge in [0.25, 0.3) is 5.91 Å². The van der Waals surface area contributed by atoms with Gasteiger partial charge < -0.3 is 15.4 Å². The highest BCUT2D eigenvalue weighted by Crippen LogP contribution is 2.23. The fourth-order valence-electron chi connectivity index (χ4n) is 1.25. The van der Waals surface area contributed by atoms with Gasteiger partial charge in [0.1, 0.15) is 6.54 Å². The van der Waals surface area contributed by atoms with Crippen LogP contribution in [-0.4, -0.2) is 37.5 Å². The summed E-state index contributed by atoms with van der Waals surface area (Å²) in [5.74, 6) is -0.881. The standard InChI is InChI=1S/C11H13ClN2O3/c1-14(6-9(15)17-2)11(16)7-4-3-5-8(13)10(7)12/h3-5H,6,13H2,1-2H3. The van der Waals surface area contributed by atoms with Crippen molar-refractivity contribution in [3.8, 4) is 0 Å². The zero-order valence-corrected chi connectivity index (χ0v) is 10.3. The van der Waals surface area contributed by atoms with Crippen molar-refractivity contribution in [3.63, 3.8) is 0 Å². The Balaban J connectivity index is 2.89. The number of nitrogen functional groups attached to an aromatic ring is 1. The topological polar surface area (TPSA) is 72.6 Å². The van der Waals surface area contributed by atoms with Crippen LogP contribution in [0.1, 0.15) is 10.4 Å². The van der Waals surface area contributed by atoms with Crippen LogP contribution in [0, 0.1) is 0 Å². The quantitative estimate of drug-likeness (QED) is 0.651. The first-order valence-corrected chi connectivity index (χ1v) is 5.21. The number of nitrogens with two attached hydrogens (primary N) is 1. The third-order valence-electron chi connectivity index (χ3n) is 2.20. The van der Waals surface area contributed by atoms with Crippen LogP contribution in [0.15, 0.2) is 18.2 Å². The number of hydrogen-bond acceptors (Lipinski definition) is 4. The highest BCUT2D eigenvalue weighted by molar-refractivity contribution is 6.36. The van der Waals surface area contributed by atoms with Crippen LogP contribution < -0.4 is 5.73 Å². The lowest BCUT2D eigenvalue weighted by Gasteiger charge is -2.16. The van der Waals surface area contributed by atoms with E-state index in [1.807, 2.05) is 0 Å². The molecule has 2 N–H and O–H groups in total. The molecule has 1 rings (SSSR count). The van der Waals surface area contributed by atoms with Gasteiger partial charge in [0.2, 0.25) is 0 Å². The first-order chi connectivity index (χ1) is 7.97. The van der Waals surface area contributed by atoms with Crippen molar-refractivity contribution in [1.82, 2.24) is 4.90 Å². The second-order valence-corrected chi connectivity index (χ2v) is 3.82. The molecule has 0 unspecified atom stereocenters. The highest BCUT2D eigenvalue weighted by Gasteiger charge is 2.18. The first-order valence-electron chi connectivity index (χ1n) is 4.83. The van der Waals surface area contributed by atoms with Crippen molar-refractivity contribution in [1.29, 1.82) is 0 Å². The smallest absolute Gasteiger partial charge is 0.325 e. The van der Waals surface area contributed by atoms with Crippen LogP contribution in [0.2, 0.25) is 5.02 Å². The number of amides is 1. The molecule has 6 heteroatoms. The maximum absolute atomic E-state index is 11.9. The summed E-state index contributed by atoms with van der Waals surface area (Å²) in [6.45, 7) is -0.138. The van der Waals surface area contributed by atoms with Gasteiger partial charge in [-0.25, -0.2) is 0 Å². The molecule has 0 saturated carbocycles. The molecule has 0 atom stereocenters. The summed E-state index contributed by atoms with van der Waals surface area (Å²) in [5.41, 5.74) is 6.18. The Morgan fingerprint density at radius 3 is 2.71 bits per heavy atom. The van der Waals surface area contributed by atoms with Crippen molar-refractivity contribution in [2.75, 3.05) is 26.4 Å². The number of likely N-dealkylation sites (N-methyl/N-ethyl adjacent to an activating group) is 1. The van der Waals surface area contributed by atoms with Crippen molar-refractivity contribution in [2.45, 2.75) is 0 Å². The number of carbonyl (C=O) groups excluding carboxylic acids is 2. The molecule has 0 bridgehead atoms. The number of nitrogens with zero attached hydrogens (tertiary/aromatic N) is 1. The molecule has 5 nitrogen and oxygen atoms in total. The monoisotopic (exact) mass is 256 g/mol. The molecule has 0 aliphatic heterocycles. The molecule has 1 aromatic carbocycles. The fourth-order valence-corrected chi connectivity index (χ4v) is 1.46. The number of benzene rings is 1. The molecule has 1 aromatic rings. The van der Waals surface area contributed by atoms with E-state index in [1.165, 1.54) is 19.1 Å². The van der Waals surface area contributed by atoms with Gasteiger partial charge in [-0.1, -0.05) is 17.7 Å². The Morgan fingerprint density at radius 2 is 2.12 bits per heavy atom. The molecule has 0 aromatic heterocycles. The van der Waals surface area contributed by atoms with Gasteiger partial charge in [0.15, 0.2) is 0 Å². The van der Waals surface area contributed by atoms with E-state index in [-0.39, 0.29) is 23.0 Å². The maximum atomic E-state index is 11.9. The fraction of sp³-hybridized carbons (Fsp3) is 0.273. The van der Waals surface area contributed by atoms with Crippen molar-refractivity contribution in [3.05, 3.63) is 28.8 Å². The van der Waals surface area contributed by atoms with Crippen LogP contribution in [0.5, 0.6) is 0 Å². The van der Waals surface area contributed by atoms with Gasteiger partial charge >= 0.3 is 5.97 Å². The predicted octanol–water partition coefficient (Wildman–Crippen LogP) is 1.17. The lowest BCUT2D eigenvalue weighted by atomic mass is 10.2. The summed E-state index contributed by atoms with van der Waals surface area (Å²) >= 11 is 5.91. The molecule has 0 spiro atoms.